The molecule has 0 heterocycles. The number of carbonyl (C=O) groups excluding carboxylic acids is 2. The number of benzene rings is 2. The summed E-state index contributed by atoms with van der Waals surface area (Å²) in [4.78, 5) is 22.0. The molecule has 2 N–H and O–H groups in total. The first-order chi connectivity index (χ1) is 10.2. The number of para-hydroxylation sites is 1. The number of anilines is 1. The lowest BCUT2D eigenvalue weighted by Crippen LogP contribution is -2.16. The van der Waals surface area contributed by atoms with Crippen LogP contribution in [0.2, 0.25) is 0 Å². The Balaban J connectivity index is 1.94. The molecule has 0 saturated heterocycles. The van der Waals surface area contributed by atoms with E-state index in [4.69, 9.17) is 4.74 Å². The first-order valence-corrected chi connectivity index (χ1v) is 6.44. The van der Waals surface area contributed by atoms with Crippen LogP contribution in [0, 0.1) is 0 Å². The average Bonchev–Trinajstić information content (AvgIpc) is 2.49. The third-order valence-electron chi connectivity index (χ3n) is 2.82. The van der Waals surface area contributed by atoms with Gasteiger partial charge in [-0.25, -0.2) is 4.79 Å². The second kappa shape index (κ2) is 7.21. The molecule has 1 unspecified atom stereocenters. The Kier molecular flexibility index (Phi) is 5.06. The summed E-state index contributed by atoms with van der Waals surface area (Å²) in [6, 6.07) is 15.3. The third kappa shape index (κ3) is 4.43. The molecular weight excluding hydrogens is 270 g/mol. The number of amides is 1. The first-order valence-electron chi connectivity index (χ1n) is 6.44. The Morgan fingerprint density at radius 1 is 1.14 bits per heavy atom. The average molecular weight is 285 g/mol. The van der Waals surface area contributed by atoms with Crippen LogP contribution in [0.3, 0.4) is 0 Å². The number of aliphatic hydroxyl groups is 1. The monoisotopic (exact) mass is 285 g/mol. The highest BCUT2D eigenvalue weighted by Gasteiger charge is 2.08. The predicted molar refractivity (Wildman–Crippen MR) is 78.2 cm³/mol. The molecule has 2 aromatic carbocycles. The number of aliphatic hydroxyl groups excluding tert-OH is 1. The van der Waals surface area contributed by atoms with Crippen molar-refractivity contribution in [2.75, 3.05) is 5.32 Å². The smallest absolute Gasteiger partial charge is 0.410 e. The molecule has 5 heteroatoms. The zero-order chi connectivity index (χ0) is 15.1. The summed E-state index contributed by atoms with van der Waals surface area (Å²) in [5.41, 5.74) is 1.15. The number of rotatable bonds is 5. The van der Waals surface area contributed by atoms with Crippen LogP contribution in [0.1, 0.15) is 18.1 Å². The number of hydrogen-bond acceptors (Lipinski definition) is 4. The molecule has 2 rings (SSSR count). The Morgan fingerprint density at radius 3 is 2.43 bits per heavy atom. The fourth-order valence-electron chi connectivity index (χ4n) is 1.75. The van der Waals surface area contributed by atoms with Crippen molar-refractivity contribution < 1.29 is 19.4 Å². The molecule has 1 amide bonds. The lowest BCUT2D eigenvalue weighted by Gasteiger charge is -2.09. The van der Waals surface area contributed by atoms with Crippen molar-refractivity contribution in [2.24, 2.45) is 0 Å². The van der Waals surface area contributed by atoms with Gasteiger partial charge in [-0.2, -0.15) is 0 Å². The molecular formula is C16H15NO4. The van der Waals surface area contributed by atoms with E-state index in [1.807, 2.05) is 6.07 Å². The van der Waals surface area contributed by atoms with E-state index in [0.29, 0.717) is 23.3 Å². The SMILES string of the molecule is O=CCC(O)c1ccc(NC(=O)Oc2ccccc2)cc1. The van der Waals surface area contributed by atoms with Gasteiger partial charge in [-0.1, -0.05) is 30.3 Å². The molecule has 1 atom stereocenters. The molecule has 0 spiro atoms. The van der Waals surface area contributed by atoms with Crippen LogP contribution >= 0.6 is 0 Å². The number of hydrogen-bond donors (Lipinski definition) is 2. The van der Waals surface area contributed by atoms with Gasteiger partial charge in [-0.05, 0) is 29.8 Å². The molecule has 0 aliphatic rings. The fourth-order valence-corrected chi connectivity index (χ4v) is 1.75. The summed E-state index contributed by atoms with van der Waals surface area (Å²) in [5, 5.41) is 12.2. The van der Waals surface area contributed by atoms with Gasteiger partial charge in [0.25, 0.3) is 0 Å². The zero-order valence-electron chi connectivity index (χ0n) is 11.2. The van der Waals surface area contributed by atoms with Gasteiger partial charge in [0.15, 0.2) is 0 Å². The van der Waals surface area contributed by atoms with Crippen LogP contribution in [-0.2, 0) is 4.79 Å². The summed E-state index contributed by atoms with van der Waals surface area (Å²) in [5.74, 6) is 0.452. The van der Waals surface area contributed by atoms with Crippen LogP contribution in [0.25, 0.3) is 0 Å². The second-order valence-electron chi connectivity index (χ2n) is 4.37. The van der Waals surface area contributed by atoms with Gasteiger partial charge in [0.1, 0.15) is 12.0 Å². The second-order valence-corrected chi connectivity index (χ2v) is 4.37. The highest BCUT2D eigenvalue weighted by atomic mass is 16.6. The van der Waals surface area contributed by atoms with Gasteiger partial charge in [-0.15, -0.1) is 0 Å². The van der Waals surface area contributed by atoms with Gasteiger partial charge in [0.2, 0.25) is 0 Å². The first kappa shape index (κ1) is 14.7. The van der Waals surface area contributed by atoms with Crippen LogP contribution in [-0.4, -0.2) is 17.5 Å². The van der Waals surface area contributed by atoms with E-state index in [1.54, 1.807) is 48.5 Å². The van der Waals surface area contributed by atoms with Crippen LogP contribution < -0.4 is 10.1 Å². The lowest BCUT2D eigenvalue weighted by molar-refractivity contribution is -0.109. The van der Waals surface area contributed by atoms with Crippen LogP contribution in [0.15, 0.2) is 54.6 Å². The fraction of sp³-hybridized carbons (Fsp3) is 0.125. The summed E-state index contributed by atoms with van der Waals surface area (Å²) in [7, 11) is 0. The Bertz CT molecular complexity index is 595. The van der Waals surface area contributed by atoms with Gasteiger partial charge in [0, 0.05) is 12.1 Å². The quantitative estimate of drug-likeness (QED) is 0.828. The Hall–Kier alpha value is -2.66. The van der Waals surface area contributed by atoms with E-state index in [2.05, 4.69) is 5.32 Å². The van der Waals surface area contributed by atoms with Gasteiger partial charge in [0.05, 0.1) is 6.10 Å². The summed E-state index contributed by atoms with van der Waals surface area (Å²) in [6.45, 7) is 0. The topological polar surface area (TPSA) is 75.6 Å². The maximum atomic E-state index is 11.7. The lowest BCUT2D eigenvalue weighted by atomic mass is 10.1. The van der Waals surface area contributed by atoms with E-state index in [9.17, 15) is 14.7 Å². The molecule has 2 aromatic rings. The molecule has 0 aliphatic carbocycles. The molecule has 108 valence electrons. The van der Waals surface area contributed by atoms with E-state index in [-0.39, 0.29) is 6.42 Å². The zero-order valence-corrected chi connectivity index (χ0v) is 11.2. The minimum Gasteiger partial charge on any atom is -0.410 e. The molecule has 0 aromatic heterocycles. The van der Waals surface area contributed by atoms with Gasteiger partial charge >= 0.3 is 6.09 Å². The molecule has 0 bridgehead atoms. The summed E-state index contributed by atoms with van der Waals surface area (Å²) < 4.78 is 5.09. The molecule has 0 saturated carbocycles. The van der Waals surface area contributed by atoms with Crippen molar-refractivity contribution in [1.29, 1.82) is 0 Å². The van der Waals surface area contributed by atoms with Gasteiger partial charge in [-0.3, -0.25) is 5.32 Å². The maximum Gasteiger partial charge on any atom is 0.417 e. The van der Waals surface area contributed by atoms with Crippen molar-refractivity contribution in [3.63, 3.8) is 0 Å². The molecule has 5 nitrogen and oxygen atoms in total. The number of carbonyl (C=O) groups is 2. The van der Waals surface area contributed by atoms with Crippen molar-refractivity contribution in [3.8, 4) is 5.75 Å². The minimum absolute atomic E-state index is 0.0445. The van der Waals surface area contributed by atoms with Crippen molar-refractivity contribution in [2.45, 2.75) is 12.5 Å². The molecule has 0 fully saturated rings. The Labute approximate surface area is 122 Å². The summed E-state index contributed by atoms with van der Waals surface area (Å²) in [6.07, 6.45) is -0.716. The normalized spacial score (nSPS) is 11.5. The van der Waals surface area contributed by atoms with Crippen molar-refractivity contribution >= 4 is 18.1 Å². The minimum atomic E-state index is -0.826. The largest absolute Gasteiger partial charge is 0.417 e. The highest BCUT2D eigenvalue weighted by Crippen LogP contribution is 2.18. The molecule has 0 radical (unpaired) electrons. The summed E-state index contributed by atoms with van der Waals surface area (Å²) >= 11 is 0. The molecule has 21 heavy (non-hydrogen) atoms. The third-order valence-corrected chi connectivity index (χ3v) is 2.82. The van der Waals surface area contributed by atoms with Crippen molar-refractivity contribution in [1.82, 2.24) is 0 Å². The van der Waals surface area contributed by atoms with E-state index >= 15 is 0 Å². The number of nitrogens with one attached hydrogen (secondary N) is 1. The van der Waals surface area contributed by atoms with Gasteiger partial charge < -0.3 is 14.6 Å². The number of aldehydes is 1. The van der Waals surface area contributed by atoms with E-state index in [1.165, 1.54) is 0 Å². The highest BCUT2D eigenvalue weighted by molar-refractivity contribution is 5.86. The van der Waals surface area contributed by atoms with E-state index in [0.717, 1.165) is 0 Å². The predicted octanol–water partition coefficient (Wildman–Crippen LogP) is 2.92. The van der Waals surface area contributed by atoms with Crippen LogP contribution in [0.4, 0.5) is 10.5 Å². The standard InChI is InChI=1S/C16H15NO4/c18-11-10-15(19)12-6-8-13(9-7-12)17-16(20)21-14-4-2-1-3-5-14/h1-9,11,15,19H,10H2,(H,17,20). The van der Waals surface area contributed by atoms with Crippen LogP contribution in [0.5, 0.6) is 5.75 Å². The Morgan fingerprint density at radius 2 is 1.81 bits per heavy atom. The number of ether oxygens (including phenoxy) is 1. The maximum absolute atomic E-state index is 11.7. The molecule has 0 aliphatic heterocycles. The van der Waals surface area contributed by atoms with Crippen molar-refractivity contribution in [3.05, 3.63) is 60.2 Å². The van der Waals surface area contributed by atoms with E-state index < -0.39 is 12.2 Å².